The molecule has 2 aliphatic rings. The van der Waals surface area contributed by atoms with E-state index in [0.29, 0.717) is 30.2 Å². The van der Waals surface area contributed by atoms with E-state index in [1.807, 2.05) is 6.07 Å². The molecular weight excluding hydrogens is 398 g/mol. The fraction of sp³-hybridized carbons (Fsp3) is 0.455. The van der Waals surface area contributed by atoms with Gasteiger partial charge in [-0.3, -0.25) is 9.59 Å². The maximum absolute atomic E-state index is 13.0. The van der Waals surface area contributed by atoms with Crippen molar-refractivity contribution in [3.05, 3.63) is 51.4 Å². The number of nitrogens with one attached hydrogen (secondary N) is 1. The molecule has 3 heterocycles. The van der Waals surface area contributed by atoms with Crippen LogP contribution in [0.2, 0.25) is 0 Å². The number of aryl methyl sites for hydroxylation is 3. The normalized spacial score (nSPS) is 20.6. The van der Waals surface area contributed by atoms with Crippen LogP contribution in [0.15, 0.2) is 29.1 Å². The molecule has 0 saturated carbocycles. The van der Waals surface area contributed by atoms with Gasteiger partial charge in [0.1, 0.15) is 6.04 Å². The van der Waals surface area contributed by atoms with Crippen molar-refractivity contribution in [2.45, 2.75) is 37.8 Å². The minimum absolute atomic E-state index is 0.141. The summed E-state index contributed by atoms with van der Waals surface area (Å²) in [7, 11) is 3.39. The van der Waals surface area contributed by atoms with Gasteiger partial charge in [0, 0.05) is 18.7 Å². The summed E-state index contributed by atoms with van der Waals surface area (Å²) < 4.78 is 14.1. The number of carbonyl (C=O) groups is 1. The molecule has 2 unspecified atom stereocenters. The maximum Gasteiger partial charge on any atom is 0.267 e. The Morgan fingerprint density at radius 1 is 1.19 bits per heavy atom. The van der Waals surface area contributed by atoms with E-state index in [4.69, 9.17) is 9.47 Å². The molecule has 1 aliphatic carbocycles. The summed E-state index contributed by atoms with van der Waals surface area (Å²) in [5.41, 5.74) is 3.06. The lowest BCUT2D eigenvalue weighted by Gasteiger charge is -2.23. The summed E-state index contributed by atoms with van der Waals surface area (Å²) in [6.07, 6.45) is 3.96. The quantitative estimate of drug-likeness (QED) is 0.681. The molecule has 0 bridgehead atoms. The number of hydrogen-bond acceptors (Lipinski definition) is 6. The van der Waals surface area contributed by atoms with Gasteiger partial charge in [0.2, 0.25) is 5.88 Å². The van der Waals surface area contributed by atoms with Crippen LogP contribution < -0.4 is 15.6 Å². The van der Waals surface area contributed by atoms with Crippen LogP contribution in [0.1, 0.15) is 40.5 Å². The third kappa shape index (κ3) is 3.48. The molecule has 9 heteroatoms. The molecule has 1 saturated heterocycles. The highest BCUT2D eigenvalue weighted by Gasteiger charge is 2.33. The largest absolute Gasteiger partial charge is 0.481 e. The summed E-state index contributed by atoms with van der Waals surface area (Å²) in [5, 5.41) is 12.9. The highest BCUT2D eigenvalue weighted by molar-refractivity contribution is 5.98. The summed E-state index contributed by atoms with van der Waals surface area (Å²) >= 11 is 0. The molecule has 162 valence electrons. The van der Waals surface area contributed by atoms with Gasteiger partial charge in [-0.15, -0.1) is 0 Å². The predicted octanol–water partition coefficient (Wildman–Crippen LogP) is 1.39. The predicted molar refractivity (Wildman–Crippen MR) is 114 cm³/mol. The molecular formula is C22H25N5O4. The first kappa shape index (κ1) is 19.7. The summed E-state index contributed by atoms with van der Waals surface area (Å²) in [5.74, 6) is 0.405. The number of fused-ring (bicyclic) bond motifs is 2. The van der Waals surface area contributed by atoms with Crippen LogP contribution in [-0.4, -0.2) is 51.8 Å². The first-order valence-electron chi connectivity index (χ1n) is 10.6. The van der Waals surface area contributed by atoms with Gasteiger partial charge in [-0.1, -0.05) is 0 Å². The number of nitrogens with zero attached hydrogens (tertiary/aromatic N) is 4. The van der Waals surface area contributed by atoms with E-state index < -0.39 is 0 Å². The third-order valence-electron chi connectivity index (χ3n) is 6.15. The van der Waals surface area contributed by atoms with Crippen molar-refractivity contribution in [2.24, 2.45) is 7.05 Å². The van der Waals surface area contributed by atoms with Crippen molar-refractivity contribution in [2.75, 3.05) is 20.3 Å². The minimum Gasteiger partial charge on any atom is -0.481 e. The maximum atomic E-state index is 13.0. The Bertz CT molecular complexity index is 1210. The second-order valence-electron chi connectivity index (χ2n) is 8.16. The fourth-order valence-electron chi connectivity index (χ4n) is 4.55. The molecule has 2 atom stereocenters. The summed E-state index contributed by atoms with van der Waals surface area (Å²) in [6.45, 7) is 0.675. The third-order valence-corrected chi connectivity index (χ3v) is 6.15. The smallest absolute Gasteiger partial charge is 0.267 e. The Balaban J connectivity index is 1.39. The summed E-state index contributed by atoms with van der Waals surface area (Å²) in [4.78, 5) is 25.7. The van der Waals surface area contributed by atoms with Gasteiger partial charge in [-0.05, 0) is 49.4 Å². The lowest BCUT2D eigenvalue weighted by atomic mass is 9.97. The molecule has 9 nitrogen and oxygen atoms in total. The zero-order chi connectivity index (χ0) is 21.5. The van der Waals surface area contributed by atoms with Crippen molar-refractivity contribution < 1.29 is 14.3 Å². The van der Waals surface area contributed by atoms with Crippen LogP contribution in [0.25, 0.3) is 10.9 Å². The number of hydrogen-bond donors (Lipinski definition) is 1. The van der Waals surface area contributed by atoms with Crippen LogP contribution >= 0.6 is 0 Å². The Hall–Kier alpha value is -3.20. The molecule has 1 aliphatic heterocycles. The molecule has 31 heavy (non-hydrogen) atoms. The van der Waals surface area contributed by atoms with Gasteiger partial charge in [0.25, 0.3) is 11.5 Å². The number of benzene rings is 1. The van der Waals surface area contributed by atoms with Crippen molar-refractivity contribution in [1.29, 1.82) is 0 Å². The van der Waals surface area contributed by atoms with E-state index in [1.165, 1.54) is 4.68 Å². The molecule has 1 fully saturated rings. The van der Waals surface area contributed by atoms with Crippen LogP contribution in [0, 0.1) is 0 Å². The van der Waals surface area contributed by atoms with E-state index >= 15 is 0 Å². The molecule has 0 spiro atoms. The molecule has 1 N–H and O–H groups in total. The van der Waals surface area contributed by atoms with Crippen LogP contribution in [0.3, 0.4) is 0 Å². The Morgan fingerprint density at radius 2 is 2.03 bits per heavy atom. The van der Waals surface area contributed by atoms with Crippen molar-refractivity contribution in [3.8, 4) is 5.88 Å². The lowest BCUT2D eigenvalue weighted by molar-refractivity contribution is 0.0924. The molecule has 5 rings (SSSR count). The van der Waals surface area contributed by atoms with Crippen molar-refractivity contribution >= 4 is 16.8 Å². The number of ether oxygens (including phenoxy) is 2. The number of aromatic nitrogens is 4. The molecule has 0 radical (unpaired) electrons. The second-order valence-corrected chi connectivity index (χ2v) is 8.16. The van der Waals surface area contributed by atoms with Gasteiger partial charge < -0.3 is 14.8 Å². The highest BCUT2D eigenvalue weighted by Crippen LogP contribution is 2.26. The van der Waals surface area contributed by atoms with Crippen LogP contribution in [-0.2, 0) is 24.6 Å². The second kappa shape index (κ2) is 7.81. The number of rotatable bonds is 4. The number of amides is 1. The topological polar surface area (TPSA) is 100 Å². The number of carbonyl (C=O) groups excluding carboxylic acids is 1. The molecule has 2 aromatic heterocycles. The Labute approximate surface area is 178 Å². The van der Waals surface area contributed by atoms with Gasteiger partial charge in [0.05, 0.1) is 43.0 Å². The first-order chi connectivity index (χ1) is 15.0. The van der Waals surface area contributed by atoms with Crippen LogP contribution in [0.4, 0.5) is 0 Å². The Morgan fingerprint density at radius 3 is 2.87 bits per heavy atom. The molecule has 3 aromatic rings. The van der Waals surface area contributed by atoms with Gasteiger partial charge in [-0.25, -0.2) is 9.36 Å². The molecule has 1 amide bonds. The van der Waals surface area contributed by atoms with E-state index in [9.17, 15) is 9.59 Å². The fourth-order valence-corrected chi connectivity index (χ4v) is 4.55. The van der Waals surface area contributed by atoms with Gasteiger partial charge in [-0.2, -0.15) is 10.2 Å². The highest BCUT2D eigenvalue weighted by atomic mass is 16.5. The average Bonchev–Trinajstić information content (AvgIpc) is 3.35. The minimum atomic E-state index is -0.340. The summed E-state index contributed by atoms with van der Waals surface area (Å²) in [6, 6.07) is 6.34. The SMILES string of the molecule is COc1c2ccc(C(=O)NC3COCC3n3nc4c(cc3=O)CCCC4)cc2nn1C. The van der Waals surface area contributed by atoms with Crippen molar-refractivity contribution in [1.82, 2.24) is 24.9 Å². The zero-order valence-electron chi connectivity index (χ0n) is 17.6. The van der Waals surface area contributed by atoms with E-state index in [0.717, 1.165) is 42.3 Å². The monoisotopic (exact) mass is 423 g/mol. The van der Waals surface area contributed by atoms with E-state index in [2.05, 4.69) is 15.5 Å². The standard InChI is InChI=1S/C22H25N5O4/c1-26-22(30-2)15-8-7-14(9-17(15)24-26)21(29)23-18-11-31-12-19(18)27-20(28)10-13-5-3-4-6-16(13)25-27/h7-10,18-19H,3-6,11-12H2,1-2H3,(H,23,29). The van der Waals surface area contributed by atoms with Gasteiger partial charge >= 0.3 is 0 Å². The average molecular weight is 423 g/mol. The van der Waals surface area contributed by atoms with Crippen molar-refractivity contribution in [3.63, 3.8) is 0 Å². The van der Waals surface area contributed by atoms with Crippen LogP contribution in [0.5, 0.6) is 5.88 Å². The van der Waals surface area contributed by atoms with E-state index in [-0.39, 0.29) is 23.6 Å². The van der Waals surface area contributed by atoms with Gasteiger partial charge in [0.15, 0.2) is 0 Å². The molecule has 1 aromatic carbocycles. The van der Waals surface area contributed by atoms with E-state index in [1.54, 1.807) is 37.0 Å². The Kier molecular flexibility index (Phi) is 4.97. The zero-order valence-corrected chi connectivity index (χ0v) is 17.6. The first-order valence-corrected chi connectivity index (χ1v) is 10.6. The lowest BCUT2D eigenvalue weighted by Crippen LogP contribution is -2.44. The number of methoxy groups -OCH3 is 1.